The molecule has 2 amide bonds. The molecule has 0 atom stereocenters. The van der Waals surface area contributed by atoms with Gasteiger partial charge in [0, 0.05) is 18.1 Å². The number of benzene rings is 1. The molecular formula is C15H14BrClN2O4. The van der Waals surface area contributed by atoms with Crippen LogP contribution in [0, 0.1) is 0 Å². The monoisotopic (exact) mass is 400 g/mol. The van der Waals surface area contributed by atoms with Crippen LogP contribution in [-0.2, 0) is 4.79 Å². The average molecular weight is 402 g/mol. The second-order valence-corrected chi connectivity index (χ2v) is 5.67. The quantitative estimate of drug-likeness (QED) is 0.699. The largest absolute Gasteiger partial charge is 0.484 e. The Kier molecular flexibility index (Phi) is 6.49. The summed E-state index contributed by atoms with van der Waals surface area (Å²) in [5, 5.41) is 5.85. The number of halogens is 2. The zero-order valence-corrected chi connectivity index (χ0v) is 14.3. The maximum absolute atomic E-state index is 11.7. The number of amides is 2. The number of carbonyl (C=O) groups excluding carboxylic acids is 2. The van der Waals surface area contributed by atoms with Crippen molar-refractivity contribution < 1.29 is 18.7 Å². The van der Waals surface area contributed by atoms with Crippen molar-refractivity contribution in [3.05, 3.63) is 51.9 Å². The zero-order valence-electron chi connectivity index (χ0n) is 12.0. The van der Waals surface area contributed by atoms with Gasteiger partial charge in [-0.25, -0.2) is 0 Å². The topological polar surface area (TPSA) is 80.6 Å². The lowest BCUT2D eigenvalue weighted by atomic mass is 10.3. The summed E-state index contributed by atoms with van der Waals surface area (Å²) >= 11 is 8.87. The molecule has 122 valence electrons. The van der Waals surface area contributed by atoms with Crippen LogP contribution in [0.5, 0.6) is 5.75 Å². The van der Waals surface area contributed by atoms with Gasteiger partial charge in [-0.2, -0.15) is 0 Å². The summed E-state index contributed by atoms with van der Waals surface area (Å²) in [5.41, 5.74) is 0. The molecule has 0 bridgehead atoms. The second-order valence-electron chi connectivity index (χ2n) is 4.45. The smallest absolute Gasteiger partial charge is 0.287 e. The fourth-order valence-corrected chi connectivity index (χ4v) is 2.06. The maximum atomic E-state index is 11.7. The summed E-state index contributed by atoms with van der Waals surface area (Å²) in [6.07, 6.45) is 0. The fraction of sp³-hybridized carbons (Fsp3) is 0.200. The number of carbonyl (C=O) groups is 2. The van der Waals surface area contributed by atoms with Gasteiger partial charge in [0.25, 0.3) is 11.8 Å². The van der Waals surface area contributed by atoms with Gasteiger partial charge >= 0.3 is 0 Å². The van der Waals surface area contributed by atoms with Crippen LogP contribution in [0.3, 0.4) is 0 Å². The molecule has 1 aromatic heterocycles. The molecule has 0 fully saturated rings. The van der Waals surface area contributed by atoms with Crippen molar-refractivity contribution in [3.63, 3.8) is 0 Å². The van der Waals surface area contributed by atoms with Gasteiger partial charge in [-0.15, -0.1) is 0 Å². The molecule has 0 unspecified atom stereocenters. The lowest BCUT2D eigenvalue weighted by molar-refractivity contribution is -0.123. The van der Waals surface area contributed by atoms with Crippen LogP contribution in [0.1, 0.15) is 10.6 Å². The van der Waals surface area contributed by atoms with E-state index in [1.807, 2.05) is 0 Å². The first-order chi connectivity index (χ1) is 11.0. The van der Waals surface area contributed by atoms with Crippen LogP contribution in [0.4, 0.5) is 0 Å². The molecule has 1 aromatic carbocycles. The van der Waals surface area contributed by atoms with E-state index in [-0.39, 0.29) is 37.3 Å². The highest BCUT2D eigenvalue weighted by molar-refractivity contribution is 9.10. The van der Waals surface area contributed by atoms with Crippen molar-refractivity contribution in [2.45, 2.75) is 0 Å². The van der Waals surface area contributed by atoms with E-state index in [1.165, 1.54) is 0 Å². The summed E-state index contributed by atoms with van der Waals surface area (Å²) in [6, 6.07) is 9.89. The number of nitrogens with one attached hydrogen (secondary N) is 2. The number of ether oxygens (including phenoxy) is 1. The highest BCUT2D eigenvalue weighted by Crippen LogP contribution is 2.15. The van der Waals surface area contributed by atoms with Crippen LogP contribution >= 0.6 is 27.5 Å². The number of hydrogen-bond donors (Lipinski definition) is 2. The Labute approximate surface area is 146 Å². The molecular weight excluding hydrogens is 388 g/mol. The Morgan fingerprint density at radius 3 is 2.43 bits per heavy atom. The summed E-state index contributed by atoms with van der Waals surface area (Å²) in [7, 11) is 0. The van der Waals surface area contributed by atoms with E-state index >= 15 is 0 Å². The molecule has 2 N–H and O–H groups in total. The van der Waals surface area contributed by atoms with Gasteiger partial charge in [-0.05, 0) is 52.3 Å². The lowest BCUT2D eigenvalue weighted by Gasteiger charge is -2.08. The molecule has 0 saturated carbocycles. The van der Waals surface area contributed by atoms with Gasteiger partial charge in [-0.3, -0.25) is 9.59 Å². The number of rotatable bonds is 7. The Balaban J connectivity index is 1.61. The summed E-state index contributed by atoms with van der Waals surface area (Å²) < 4.78 is 10.9. The normalized spacial score (nSPS) is 10.2. The molecule has 0 aliphatic heterocycles. The average Bonchev–Trinajstić information content (AvgIpc) is 2.97. The first-order valence-electron chi connectivity index (χ1n) is 6.73. The Morgan fingerprint density at radius 1 is 1.09 bits per heavy atom. The minimum atomic E-state index is -0.345. The second kappa shape index (κ2) is 8.59. The third kappa shape index (κ3) is 5.96. The van der Waals surface area contributed by atoms with E-state index in [1.54, 1.807) is 36.4 Å². The lowest BCUT2D eigenvalue weighted by Crippen LogP contribution is -2.36. The van der Waals surface area contributed by atoms with Gasteiger partial charge in [0.2, 0.25) is 0 Å². The molecule has 23 heavy (non-hydrogen) atoms. The van der Waals surface area contributed by atoms with Crippen LogP contribution in [0.2, 0.25) is 5.02 Å². The van der Waals surface area contributed by atoms with Crippen molar-refractivity contribution in [1.82, 2.24) is 10.6 Å². The molecule has 2 rings (SSSR count). The van der Waals surface area contributed by atoms with Crippen molar-refractivity contribution >= 4 is 39.3 Å². The number of furan rings is 1. The molecule has 8 heteroatoms. The predicted octanol–water partition coefficient (Wildman–Crippen LogP) is 2.62. The van der Waals surface area contributed by atoms with Crippen LogP contribution in [-0.4, -0.2) is 31.5 Å². The summed E-state index contributed by atoms with van der Waals surface area (Å²) in [5.74, 6) is 0.132. The van der Waals surface area contributed by atoms with E-state index in [2.05, 4.69) is 26.6 Å². The minimum Gasteiger partial charge on any atom is -0.484 e. The molecule has 0 spiro atoms. The number of hydrogen-bond acceptors (Lipinski definition) is 4. The summed E-state index contributed by atoms with van der Waals surface area (Å²) in [6.45, 7) is 0.459. The van der Waals surface area contributed by atoms with E-state index < -0.39 is 0 Å². The van der Waals surface area contributed by atoms with Gasteiger partial charge in [-0.1, -0.05) is 11.6 Å². The molecule has 0 radical (unpaired) electrons. The highest BCUT2D eigenvalue weighted by Gasteiger charge is 2.09. The van der Waals surface area contributed by atoms with E-state index in [0.29, 0.717) is 15.4 Å². The van der Waals surface area contributed by atoms with Crippen molar-refractivity contribution in [2.75, 3.05) is 19.7 Å². The Hall–Kier alpha value is -1.99. The predicted molar refractivity (Wildman–Crippen MR) is 88.7 cm³/mol. The molecule has 0 aliphatic rings. The van der Waals surface area contributed by atoms with E-state index in [9.17, 15) is 9.59 Å². The summed E-state index contributed by atoms with van der Waals surface area (Å²) in [4.78, 5) is 23.3. The molecule has 6 nitrogen and oxygen atoms in total. The van der Waals surface area contributed by atoms with Crippen molar-refractivity contribution in [1.29, 1.82) is 0 Å². The van der Waals surface area contributed by atoms with Crippen molar-refractivity contribution in [2.24, 2.45) is 0 Å². The molecule has 0 saturated heterocycles. The van der Waals surface area contributed by atoms with Crippen LogP contribution in [0.15, 0.2) is 45.5 Å². The maximum Gasteiger partial charge on any atom is 0.287 e. The van der Waals surface area contributed by atoms with Gasteiger partial charge in [0.1, 0.15) is 5.75 Å². The van der Waals surface area contributed by atoms with Gasteiger partial charge in [0.05, 0.1) is 0 Å². The van der Waals surface area contributed by atoms with Crippen LogP contribution in [0.25, 0.3) is 0 Å². The Bertz CT molecular complexity index is 672. The SMILES string of the molecule is O=C(COc1ccc(Cl)cc1)NCCNC(=O)c1ccc(Br)o1. The third-order valence-electron chi connectivity index (χ3n) is 2.71. The van der Waals surface area contributed by atoms with E-state index in [0.717, 1.165) is 0 Å². The van der Waals surface area contributed by atoms with Gasteiger partial charge < -0.3 is 19.8 Å². The molecule has 0 aliphatic carbocycles. The Morgan fingerprint density at radius 2 is 1.78 bits per heavy atom. The standard InChI is InChI=1S/C15H14BrClN2O4/c16-13-6-5-12(23-13)15(21)19-8-7-18-14(20)9-22-11-3-1-10(17)2-4-11/h1-6H,7-9H2,(H,18,20)(H,19,21). The highest BCUT2D eigenvalue weighted by atomic mass is 79.9. The first kappa shape index (κ1) is 17.4. The van der Waals surface area contributed by atoms with Crippen molar-refractivity contribution in [3.8, 4) is 5.75 Å². The van der Waals surface area contributed by atoms with Gasteiger partial charge in [0.15, 0.2) is 17.0 Å². The minimum absolute atomic E-state index is 0.110. The van der Waals surface area contributed by atoms with Crippen LogP contribution < -0.4 is 15.4 Å². The third-order valence-corrected chi connectivity index (χ3v) is 3.39. The zero-order chi connectivity index (χ0) is 16.7. The fourth-order valence-electron chi connectivity index (χ4n) is 1.63. The molecule has 1 heterocycles. The first-order valence-corrected chi connectivity index (χ1v) is 7.90. The van der Waals surface area contributed by atoms with E-state index in [4.69, 9.17) is 20.8 Å². The molecule has 2 aromatic rings.